The fraction of sp³-hybridized carbons (Fsp3) is 0.333. The van der Waals surface area contributed by atoms with E-state index in [1.807, 2.05) is 62.2 Å². The number of aromatic nitrogens is 3. The first-order valence-electron chi connectivity index (χ1n) is 14.3. The van der Waals surface area contributed by atoms with Crippen LogP contribution in [0.15, 0.2) is 79.1 Å². The minimum atomic E-state index is -0.322. The summed E-state index contributed by atoms with van der Waals surface area (Å²) in [5.41, 5.74) is 7.44. The van der Waals surface area contributed by atoms with Gasteiger partial charge in [0.15, 0.2) is 0 Å². The number of hydrogen-bond donors (Lipinski definition) is 2. The maximum Gasteiger partial charge on any atom is 0.318 e. The van der Waals surface area contributed by atoms with Gasteiger partial charge >= 0.3 is 6.03 Å². The van der Waals surface area contributed by atoms with Crippen molar-refractivity contribution in [3.05, 3.63) is 101 Å². The molecule has 2 N–H and O–H groups in total. The molecule has 0 spiro atoms. The highest BCUT2D eigenvalue weighted by atomic mass is 16.2. The monoisotopic (exact) mass is 548 g/mol. The number of fused-ring (bicyclic) bond motifs is 1. The predicted octanol–water partition coefficient (Wildman–Crippen LogP) is 5.22. The van der Waals surface area contributed by atoms with Gasteiger partial charge in [0, 0.05) is 31.1 Å². The summed E-state index contributed by atoms with van der Waals surface area (Å²) in [6.07, 6.45) is 5.11. The molecule has 3 aromatic carbocycles. The van der Waals surface area contributed by atoms with Gasteiger partial charge in [-0.3, -0.25) is 4.79 Å². The Morgan fingerprint density at radius 1 is 1.00 bits per heavy atom. The molecule has 1 aliphatic heterocycles. The second kappa shape index (κ2) is 10.8. The average molecular weight is 549 g/mol. The predicted molar refractivity (Wildman–Crippen MR) is 158 cm³/mol. The zero-order valence-corrected chi connectivity index (χ0v) is 23.8. The van der Waals surface area contributed by atoms with Gasteiger partial charge < -0.3 is 15.5 Å². The SMILES string of the molecule is CC(C)(C)NC(=O)N1CCc2c(-c3cccc(-n4ccnn4)c3)ccc(CNC(=O)[C@@H]3C[C@H]3c3ccccc3)c2C1. The van der Waals surface area contributed by atoms with E-state index in [4.69, 9.17) is 0 Å². The average Bonchev–Trinajstić information content (AvgIpc) is 3.59. The molecule has 0 unspecified atom stereocenters. The molecule has 2 atom stereocenters. The summed E-state index contributed by atoms with van der Waals surface area (Å²) >= 11 is 0. The van der Waals surface area contributed by atoms with Crippen molar-refractivity contribution in [1.82, 2.24) is 30.5 Å². The molecular weight excluding hydrogens is 512 g/mol. The summed E-state index contributed by atoms with van der Waals surface area (Å²) < 4.78 is 1.75. The lowest BCUT2D eigenvalue weighted by atomic mass is 9.87. The van der Waals surface area contributed by atoms with Gasteiger partial charge in [-0.15, -0.1) is 5.10 Å². The zero-order chi connectivity index (χ0) is 28.6. The molecule has 8 nitrogen and oxygen atoms in total. The van der Waals surface area contributed by atoms with Crippen molar-refractivity contribution in [3.63, 3.8) is 0 Å². The standard InChI is InChI=1S/C33H36N6O2/c1-33(2,3)36-32(41)38-16-14-27-26(23-10-7-11-25(18-23)39-17-15-35-37-39)13-12-24(30(27)21-38)20-34-31(40)29-19-28(29)22-8-5-4-6-9-22/h4-13,15,17-18,28-29H,14,16,19-21H2,1-3H3,(H,34,40)(H,36,41)/t28-,29+/m0/s1. The highest BCUT2D eigenvalue weighted by molar-refractivity contribution is 5.83. The summed E-state index contributed by atoms with van der Waals surface area (Å²) in [4.78, 5) is 28.1. The van der Waals surface area contributed by atoms with E-state index in [9.17, 15) is 9.59 Å². The fourth-order valence-electron chi connectivity index (χ4n) is 5.78. The number of urea groups is 1. The van der Waals surface area contributed by atoms with Gasteiger partial charge in [-0.2, -0.15) is 0 Å². The van der Waals surface area contributed by atoms with Crippen LogP contribution < -0.4 is 10.6 Å². The van der Waals surface area contributed by atoms with Crippen LogP contribution in [0.5, 0.6) is 0 Å². The number of carbonyl (C=O) groups is 2. The normalized spacial score (nSPS) is 18.0. The summed E-state index contributed by atoms with van der Waals surface area (Å²) in [7, 11) is 0. The first-order chi connectivity index (χ1) is 19.8. The van der Waals surface area contributed by atoms with E-state index >= 15 is 0 Å². The van der Waals surface area contributed by atoms with Crippen molar-refractivity contribution in [2.45, 2.75) is 58.2 Å². The molecule has 1 aromatic heterocycles. The number of carbonyl (C=O) groups excluding carboxylic acids is 2. The van der Waals surface area contributed by atoms with Crippen LogP contribution in [0.1, 0.15) is 55.4 Å². The molecular formula is C33H36N6O2. The molecule has 3 amide bonds. The van der Waals surface area contributed by atoms with E-state index in [-0.39, 0.29) is 23.4 Å². The van der Waals surface area contributed by atoms with Crippen LogP contribution in [0.2, 0.25) is 0 Å². The Balaban J connectivity index is 1.27. The first kappa shape index (κ1) is 26.7. The fourth-order valence-corrected chi connectivity index (χ4v) is 5.78. The number of rotatable bonds is 6. The molecule has 2 aliphatic rings. The van der Waals surface area contributed by atoms with Gasteiger partial charge in [0.25, 0.3) is 0 Å². The van der Waals surface area contributed by atoms with Gasteiger partial charge in [-0.05, 0) is 85.0 Å². The summed E-state index contributed by atoms with van der Waals surface area (Å²) in [6, 6.07) is 22.7. The number of benzene rings is 3. The van der Waals surface area contributed by atoms with Crippen LogP contribution in [0.25, 0.3) is 16.8 Å². The molecule has 41 heavy (non-hydrogen) atoms. The van der Waals surface area contributed by atoms with Crippen LogP contribution in [0.4, 0.5) is 4.79 Å². The van der Waals surface area contributed by atoms with Crippen molar-refractivity contribution in [2.24, 2.45) is 5.92 Å². The molecule has 0 radical (unpaired) electrons. The number of nitrogens with zero attached hydrogens (tertiary/aromatic N) is 4. The Bertz CT molecular complexity index is 1560. The second-order valence-corrected chi connectivity index (χ2v) is 12.1. The van der Waals surface area contributed by atoms with Gasteiger partial charge in [-0.1, -0.05) is 59.8 Å². The molecule has 4 aromatic rings. The Kier molecular flexibility index (Phi) is 7.07. The molecule has 8 heteroatoms. The quantitative estimate of drug-likeness (QED) is 0.346. The lowest BCUT2D eigenvalue weighted by Gasteiger charge is -2.34. The van der Waals surface area contributed by atoms with Gasteiger partial charge in [0.1, 0.15) is 0 Å². The summed E-state index contributed by atoms with van der Waals surface area (Å²) in [5.74, 6) is 0.401. The van der Waals surface area contributed by atoms with E-state index in [0.29, 0.717) is 25.6 Å². The van der Waals surface area contributed by atoms with Crippen LogP contribution in [-0.2, 0) is 24.3 Å². The molecule has 1 saturated carbocycles. The molecule has 210 valence electrons. The van der Waals surface area contributed by atoms with Crippen LogP contribution in [-0.4, -0.2) is 43.9 Å². The van der Waals surface area contributed by atoms with Crippen molar-refractivity contribution in [1.29, 1.82) is 0 Å². The van der Waals surface area contributed by atoms with E-state index < -0.39 is 0 Å². The van der Waals surface area contributed by atoms with E-state index in [1.54, 1.807) is 10.9 Å². The third kappa shape index (κ3) is 5.87. The summed E-state index contributed by atoms with van der Waals surface area (Å²) in [6.45, 7) is 7.53. The molecule has 2 heterocycles. The van der Waals surface area contributed by atoms with Gasteiger partial charge in [0.2, 0.25) is 5.91 Å². The highest BCUT2D eigenvalue weighted by Gasteiger charge is 2.43. The lowest BCUT2D eigenvalue weighted by Crippen LogP contribution is -2.50. The molecule has 0 bridgehead atoms. The molecule has 1 fully saturated rings. The lowest BCUT2D eigenvalue weighted by molar-refractivity contribution is -0.122. The smallest absolute Gasteiger partial charge is 0.318 e. The van der Waals surface area contributed by atoms with Crippen molar-refractivity contribution in [2.75, 3.05) is 6.54 Å². The number of nitrogens with one attached hydrogen (secondary N) is 2. The van der Waals surface area contributed by atoms with Crippen molar-refractivity contribution in [3.8, 4) is 16.8 Å². The van der Waals surface area contributed by atoms with Crippen LogP contribution in [0, 0.1) is 5.92 Å². The maximum absolute atomic E-state index is 13.1. The zero-order valence-electron chi connectivity index (χ0n) is 23.8. The first-order valence-corrected chi connectivity index (χ1v) is 14.3. The maximum atomic E-state index is 13.1. The molecule has 1 aliphatic carbocycles. The van der Waals surface area contributed by atoms with Crippen molar-refractivity contribution >= 4 is 11.9 Å². The van der Waals surface area contributed by atoms with Crippen LogP contribution >= 0.6 is 0 Å². The van der Waals surface area contributed by atoms with Gasteiger partial charge in [-0.25, -0.2) is 9.48 Å². The van der Waals surface area contributed by atoms with E-state index in [2.05, 4.69) is 57.3 Å². The number of hydrogen-bond acceptors (Lipinski definition) is 4. The van der Waals surface area contributed by atoms with Crippen molar-refractivity contribution < 1.29 is 9.59 Å². The van der Waals surface area contributed by atoms with E-state index in [1.165, 1.54) is 11.1 Å². The van der Waals surface area contributed by atoms with E-state index in [0.717, 1.165) is 40.8 Å². The number of amides is 3. The highest BCUT2D eigenvalue weighted by Crippen LogP contribution is 2.47. The largest absolute Gasteiger partial charge is 0.352 e. The second-order valence-electron chi connectivity index (χ2n) is 12.1. The topological polar surface area (TPSA) is 92.2 Å². The van der Waals surface area contributed by atoms with Crippen LogP contribution in [0.3, 0.4) is 0 Å². The molecule has 0 saturated heterocycles. The minimum Gasteiger partial charge on any atom is -0.352 e. The Hall–Kier alpha value is -4.46. The van der Waals surface area contributed by atoms with Gasteiger partial charge in [0.05, 0.1) is 18.1 Å². The third-order valence-electron chi connectivity index (χ3n) is 7.93. The Labute approximate surface area is 240 Å². The Morgan fingerprint density at radius 3 is 2.59 bits per heavy atom. The Morgan fingerprint density at radius 2 is 1.83 bits per heavy atom. The minimum absolute atomic E-state index is 0.0149. The molecule has 6 rings (SSSR count). The summed E-state index contributed by atoms with van der Waals surface area (Å²) in [5, 5.41) is 14.4. The third-order valence-corrected chi connectivity index (χ3v) is 7.93.